The van der Waals surface area contributed by atoms with Crippen LogP contribution in [0.1, 0.15) is 32.2 Å². The van der Waals surface area contributed by atoms with E-state index in [0.29, 0.717) is 6.54 Å². The van der Waals surface area contributed by atoms with Gasteiger partial charge in [-0.3, -0.25) is 0 Å². The Bertz CT molecular complexity index is 590. The van der Waals surface area contributed by atoms with Crippen molar-refractivity contribution in [3.63, 3.8) is 0 Å². The number of aromatic hydroxyl groups is 2. The summed E-state index contributed by atoms with van der Waals surface area (Å²) in [5.74, 6) is 0.654. The lowest BCUT2D eigenvalue weighted by Gasteiger charge is -2.12. The molecule has 3 N–H and O–H groups in total. The number of hydrogen-bond acceptors (Lipinski definition) is 6. The van der Waals surface area contributed by atoms with Crippen molar-refractivity contribution in [2.24, 2.45) is 0 Å². The van der Waals surface area contributed by atoms with E-state index in [1.807, 2.05) is 0 Å². The van der Waals surface area contributed by atoms with Crippen molar-refractivity contribution in [2.45, 2.75) is 32.6 Å². The first kappa shape index (κ1) is 14.6. The number of hydrogen-bond donors (Lipinski definition) is 3. The molecule has 2 rings (SSSR count). The van der Waals surface area contributed by atoms with Gasteiger partial charge < -0.3 is 15.5 Å². The summed E-state index contributed by atoms with van der Waals surface area (Å²) in [4.78, 5) is 4.45. The number of rotatable bonds is 4. The Morgan fingerprint density at radius 1 is 1.20 bits per heavy atom. The van der Waals surface area contributed by atoms with Gasteiger partial charge in [0.25, 0.3) is 0 Å². The largest absolute Gasteiger partial charge is 0.504 e. The van der Waals surface area contributed by atoms with Crippen molar-refractivity contribution in [1.29, 1.82) is 0 Å². The summed E-state index contributed by atoms with van der Waals surface area (Å²) in [5, 5.41) is 22.7. The number of nitrogens with zero attached hydrogens (tertiary/aromatic N) is 2. The topological polar surface area (TPSA) is 78.3 Å². The van der Waals surface area contributed by atoms with Crippen LogP contribution in [0.25, 0.3) is 0 Å². The predicted octanol–water partition coefficient (Wildman–Crippen LogP) is 2.90. The average Bonchev–Trinajstić information content (AvgIpc) is 2.82. The van der Waals surface area contributed by atoms with Gasteiger partial charge in [-0.15, -0.1) is 0 Å². The summed E-state index contributed by atoms with van der Waals surface area (Å²) in [6.45, 7) is 6.94. The van der Waals surface area contributed by atoms with Crippen molar-refractivity contribution in [3.05, 3.63) is 29.6 Å². The molecule has 0 radical (unpaired) electrons. The molecule has 0 aliphatic heterocycles. The van der Waals surface area contributed by atoms with Crippen LogP contribution in [0.15, 0.2) is 18.2 Å². The Kier molecular flexibility index (Phi) is 4.13. The maximum Gasteiger partial charge on any atom is 0.202 e. The van der Waals surface area contributed by atoms with Gasteiger partial charge in [0.05, 0.1) is 0 Å². The van der Waals surface area contributed by atoms with Gasteiger partial charge in [-0.25, -0.2) is 4.98 Å². The molecule has 0 fully saturated rings. The van der Waals surface area contributed by atoms with Gasteiger partial charge in [0, 0.05) is 23.5 Å². The van der Waals surface area contributed by atoms with Crippen LogP contribution in [0, 0.1) is 0 Å². The highest BCUT2D eigenvalue weighted by atomic mass is 32.1. The summed E-state index contributed by atoms with van der Waals surface area (Å²) >= 11 is 1.36. The quantitative estimate of drug-likeness (QED) is 0.755. The average molecular weight is 293 g/mol. The minimum absolute atomic E-state index is 0.0425. The molecule has 0 amide bonds. The zero-order chi connectivity index (χ0) is 14.8. The van der Waals surface area contributed by atoms with Crippen molar-refractivity contribution in [2.75, 3.05) is 11.9 Å². The molecule has 108 valence electrons. The van der Waals surface area contributed by atoms with Crippen LogP contribution in [0.5, 0.6) is 11.5 Å². The molecule has 1 heterocycles. The van der Waals surface area contributed by atoms with Crippen LogP contribution in [0.3, 0.4) is 0 Å². The number of anilines is 1. The summed E-state index contributed by atoms with van der Waals surface area (Å²) in [7, 11) is 0. The molecule has 0 bridgehead atoms. The van der Waals surface area contributed by atoms with E-state index in [4.69, 9.17) is 0 Å². The molecule has 1 aromatic carbocycles. The van der Waals surface area contributed by atoms with Crippen LogP contribution >= 0.6 is 11.5 Å². The highest BCUT2D eigenvalue weighted by Crippen LogP contribution is 2.25. The zero-order valence-electron chi connectivity index (χ0n) is 11.8. The second-order valence-corrected chi connectivity index (χ2v) is 6.42. The maximum absolute atomic E-state index is 9.42. The summed E-state index contributed by atoms with van der Waals surface area (Å²) < 4.78 is 4.33. The molecule has 20 heavy (non-hydrogen) atoms. The van der Waals surface area contributed by atoms with Crippen LogP contribution in [0.4, 0.5) is 5.13 Å². The molecule has 0 saturated heterocycles. The fourth-order valence-electron chi connectivity index (χ4n) is 1.64. The third kappa shape index (κ3) is 3.60. The normalized spacial score (nSPS) is 11.6. The van der Waals surface area contributed by atoms with Gasteiger partial charge in [0.15, 0.2) is 11.5 Å². The van der Waals surface area contributed by atoms with E-state index in [1.54, 1.807) is 12.1 Å². The molecule has 0 aliphatic carbocycles. The highest BCUT2D eigenvalue weighted by molar-refractivity contribution is 7.09. The van der Waals surface area contributed by atoms with E-state index in [2.05, 4.69) is 35.4 Å². The minimum Gasteiger partial charge on any atom is -0.504 e. The molecule has 0 aliphatic rings. The SMILES string of the molecule is CC(C)(C)c1nsc(NCCc2ccc(O)c(O)c2)n1. The van der Waals surface area contributed by atoms with Gasteiger partial charge in [-0.05, 0) is 24.1 Å². The maximum atomic E-state index is 9.42. The number of aromatic nitrogens is 2. The molecule has 0 unspecified atom stereocenters. The molecule has 0 atom stereocenters. The molecule has 2 aromatic rings. The van der Waals surface area contributed by atoms with Crippen LogP contribution < -0.4 is 5.32 Å². The first-order valence-corrected chi connectivity index (χ1v) is 7.22. The van der Waals surface area contributed by atoms with E-state index < -0.39 is 0 Å². The number of nitrogens with one attached hydrogen (secondary N) is 1. The van der Waals surface area contributed by atoms with Crippen LogP contribution in [-0.4, -0.2) is 26.1 Å². The lowest BCUT2D eigenvalue weighted by molar-refractivity contribution is 0.403. The van der Waals surface area contributed by atoms with Gasteiger partial charge in [0.1, 0.15) is 5.82 Å². The lowest BCUT2D eigenvalue weighted by Crippen LogP contribution is -2.13. The number of phenolic OH excluding ortho intramolecular Hbond substituents is 2. The van der Waals surface area contributed by atoms with Gasteiger partial charge in [-0.2, -0.15) is 4.37 Å². The highest BCUT2D eigenvalue weighted by Gasteiger charge is 2.19. The standard InChI is InChI=1S/C14H19N3O2S/c1-14(2,3)12-16-13(20-17-12)15-7-6-9-4-5-10(18)11(19)8-9/h4-5,8,18-19H,6-7H2,1-3H3,(H,15,16,17). The second-order valence-electron chi connectivity index (χ2n) is 5.67. The fourth-order valence-corrected chi connectivity index (χ4v) is 2.42. The van der Waals surface area contributed by atoms with Gasteiger partial charge in [-0.1, -0.05) is 26.8 Å². The van der Waals surface area contributed by atoms with E-state index >= 15 is 0 Å². The van der Waals surface area contributed by atoms with Crippen molar-refractivity contribution in [3.8, 4) is 11.5 Å². The zero-order valence-corrected chi connectivity index (χ0v) is 12.7. The van der Waals surface area contributed by atoms with Crippen LogP contribution in [-0.2, 0) is 11.8 Å². The first-order valence-electron chi connectivity index (χ1n) is 6.45. The van der Waals surface area contributed by atoms with Gasteiger partial charge in [0.2, 0.25) is 5.13 Å². The van der Waals surface area contributed by atoms with E-state index in [-0.39, 0.29) is 16.9 Å². The second kappa shape index (κ2) is 5.66. The molecule has 1 aromatic heterocycles. The minimum atomic E-state index is -0.0966. The molecular weight excluding hydrogens is 274 g/mol. The summed E-state index contributed by atoms with van der Waals surface area (Å²) in [6, 6.07) is 4.85. The Morgan fingerprint density at radius 3 is 2.55 bits per heavy atom. The van der Waals surface area contributed by atoms with E-state index in [1.165, 1.54) is 17.6 Å². The van der Waals surface area contributed by atoms with E-state index in [9.17, 15) is 10.2 Å². The Balaban J connectivity index is 1.89. The number of phenols is 2. The monoisotopic (exact) mass is 293 g/mol. The predicted molar refractivity (Wildman–Crippen MR) is 80.6 cm³/mol. The van der Waals surface area contributed by atoms with Crippen molar-refractivity contribution >= 4 is 16.7 Å². The Morgan fingerprint density at radius 2 is 1.95 bits per heavy atom. The summed E-state index contributed by atoms with van der Waals surface area (Å²) in [6.07, 6.45) is 0.734. The molecule has 5 nitrogen and oxygen atoms in total. The van der Waals surface area contributed by atoms with Gasteiger partial charge >= 0.3 is 0 Å². The van der Waals surface area contributed by atoms with Crippen LogP contribution in [0.2, 0.25) is 0 Å². The summed E-state index contributed by atoms with van der Waals surface area (Å²) in [5.41, 5.74) is 0.910. The van der Waals surface area contributed by atoms with Crippen molar-refractivity contribution < 1.29 is 10.2 Å². The first-order chi connectivity index (χ1) is 9.36. The molecule has 0 saturated carbocycles. The van der Waals surface area contributed by atoms with E-state index in [0.717, 1.165) is 22.9 Å². The molecular formula is C14H19N3O2S. The Labute approximate surface area is 122 Å². The lowest BCUT2D eigenvalue weighted by atomic mass is 9.96. The molecule has 6 heteroatoms. The Hall–Kier alpha value is -1.82. The molecule has 0 spiro atoms. The third-order valence-electron chi connectivity index (χ3n) is 2.83. The van der Waals surface area contributed by atoms with Crippen molar-refractivity contribution in [1.82, 2.24) is 9.36 Å². The smallest absolute Gasteiger partial charge is 0.202 e. The fraction of sp³-hybridized carbons (Fsp3) is 0.429. The third-order valence-corrected chi connectivity index (χ3v) is 3.50. The number of benzene rings is 1.